The number of aromatic nitrogens is 5. The van der Waals surface area contributed by atoms with E-state index in [4.69, 9.17) is 4.74 Å². The van der Waals surface area contributed by atoms with Gasteiger partial charge in [-0.25, -0.2) is 4.98 Å². The molecule has 0 bridgehead atoms. The molecule has 1 aromatic carbocycles. The molecule has 5 rings (SSSR count). The Morgan fingerprint density at radius 3 is 2.50 bits per heavy atom. The van der Waals surface area contributed by atoms with Crippen LogP contribution in [0.15, 0.2) is 43.0 Å². The number of aryl methyl sites for hydroxylation is 1. The highest BCUT2D eigenvalue weighted by atomic mass is 19.4. The number of rotatable bonds is 10. The van der Waals surface area contributed by atoms with Gasteiger partial charge in [0.25, 0.3) is 5.91 Å². The molecule has 13 heteroatoms. The van der Waals surface area contributed by atoms with Gasteiger partial charge in [0.2, 0.25) is 5.91 Å². The van der Waals surface area contributed by atoms with Crippen molar-refractivity contribution >= 4 is 17.5 Å². The van der Waals surface area contributed by atoms with Crippen LogP contribution in [-0.2, 0) is 28.7 Å². The summed E-state index contributed by atoms with van der Waals surface area (Å²) in [7, 11) is 1.47. The van der Waals surface area contributed by atoms with Gasteiger partial charge in [-0.3, -0.25) is 23.7 Å². The van der Waals surface area contributed by atoms with Gasteiger partial charge in [0.15, 0.2) is 11.3 Å². The van der Waals surface area contributed by atoms with E-state index in [9.17, 15) is 22.8 Å². The summed E-state index contributed by atoms with van der Waals surface area (Å²) in [5.41, 5.74) is 2.49. The molecule has 10 nitrogen and oxygen atoms in total. The lowest BCUT2D eigenvalue weighted by Gasteiger charge is -2.35. The van der Waals surface area contributed by atoms with Crippen LogP contribution in [0.4, 0.5) is 13.2 Å². The monoisotopic (exact) mass is 611 g/mol. The standard InChI is InChI=1S/C31H36F3N7O3/c1-4-5-6-27(42)38-11-13-39(14-12-38)30(43)23-8-7-22(17-21(23)2)18-25-29-36-19-26(41(29)10-9-35-25)24-20-40(15-16-44-3)37-28(24)31(32,33)34/h7-10,17,19-20H,4-6,11-16,18H2,1-3H3. The molecule has 1 aliphatic rings. The molecule has 0 aliphatic carbocycles. The number of halogens is 3. The van der Waals surface area contributed by atoms with Gasteiger partial charge in [0, 0.05) is 70.3 Å². The first kappa shape index (κ1) is 31.2. The van der Waals surface area contributed by atoms with E-state index in [1.165, 1.54) is 30.4 Å². The Bertz CT molecular complexity index is 1640. The van der Waals surface area contributed by atoms with Gasteiger partial charge < -0.3 is 14.5 Å². The van der Waals surface area contributed by atoms with Crippen molar-refractivity contribution < 1.29 is 27.5 Å². The highest BCUT2D eigenvalue weighted by Crippen LogP contribution is 2.36. The highest BCUT2D eigenvalue weighted by Gasteiger charge is 2.38. The Kier molecular flexibility index (Phi) is 9.33. The first-order valence-corrected chi connectivity index (χ1v) is 14.7. The molecule has 0 unspecified atom stereocenters. The van der Waals surface area contributed by atoms with Gasteiger partial charge >= 0.3 is 6.18 Å². The van der Waals surface area contributed by atoms with Gasteiger partial charge in [0.05, 0.1) is 36.3 Å². The van der Waals surface area contributed by atoms with E-state index in [-0.39, 0.29) is 36.2 Å². The van der Waals surface area contributed by atoms with Crippen molar-refractivity contribution in [2.45, 2.75) is 52.3 Å². The molecule has 0 radical (unpaired) electrons. The average molecular weight is 612 g/mol. The quantitative estimate of drug-likeness (QED) is 0.260. The predicted octanol–water partition coefficient (Wildman–Crippen LogP) is 4.63. The molecule has 0 N–H and O–H groups in total. The molecule has 0 saturated carbocycles. The number of carbonyl (C=O) groups is 2. The minimum absolute atomic E-state index is 0.0700. The third-order valence-corrected chi connectivity index (χ3v) is 7.89. The fourth-order valence-electron chi connectivity index (χ4n) is 5.50. The Hall–Kier alpha value is -4.26. The topological polar surface area (TPSA) is 97.9 Å². The summed E-state index contributed by atoms with van der Waals surface area (Å²) in [5.74, 6) is 0.0741. The summed E-state index contributed by atoms with van der Waals surface area (Å²) >= 11 is 0. The number of methoxy groups -OCH3 is 1. The lowest BCUT2D eigenvalue weighted by atomic mass is 10.0. The average Bonchev–Trinajstić information content (AvgIpc) is 3.64. The number of amides is 2. The second-order valence-electron chi connectivity index (χ2n) is 11.0. The summed E-state index contributed by atoms with van der Waals surface area (Å²) in [6.45, 7) is 6.39. The van der Waals surface area contributed by atoms with E-state index in [1.54, 1.807) is 21.6 Å². The number of ether oxygens (including phenoxy) is 1. The molecule has 1 saturated heterocycles. The minimum atomic E-state index is -4.65. The zero-order valence-electron chi connectivity index (χ0n) is 25.1. The number of carbonyl (C=O) groups excluding carboxylic acids is 2. The maximum atomic E-state index is 13.9. The Labute approximate surface area is 253 Å². The number of nitrogens with zero attached hydrogens (tertiary/aromatic N) is 7. The number of piperazine rings is 1. The molecule has 1 aliphatic heterocycles. The third kappa shape index (κ3) is 6.62. The lowest BCUT2D eigenvalue weighted by Crippen LogP contribution is -2.50. The van der Waals surface area contributed by atoms with Gasteiger partial charge in [-0.15, -0.1) is 0 Å². The second-order valence-corrected chi connectivity index (χ2v) is 11.0. The van der Waals surface area contributed by atoms with Crippen molar-refractivity contribution in [2.24, 2.45) is 0 Å². The van der Waals surface area contributed by atoms with Crippen LogP contribution in [-0.4, -0.2) is 85.7 Å². The third-order valence-electron chi connectivity index (χ3n) is 7.89. The molecule has 0 atom stereocenters. The Balaban J connectivity index is 1.33. The van der Waals surface area contributed by atoms with Gasteiger partial charge in [-0.05, 0) is 30.5 Å². The summed E-state index contributed by atoms with van der Waals surface area (Å²) in [6, 6.07) is 5.59. The Morgan fingerprint density at radius 2 is 1.82 bits per heavy atom. The molecule has 4 aromatic rings. The summed E-state index contributed by atoms with van der Waals surface area (Å²) in [4.78, 5) is 38.2. The number of unbranched alkanes of at least 4 members (excludes halogenated alkanes) is 1. The minimum Gasteiger partial charge on any atom is -0.383 e. The fraction of sp³-hybridized carbons (Fsp3) is 0.452. The summed E-state index contributed by atoms with van der Waals surface area (Å²) in [6.07, 6.45) is 3.98. The molecule has 234 valence electrons. The van der Waals surface area contributed by atoms with Crippen molar-refractivity contribution in [3.63, 3.8) is 0 Å². The molecule has 0 spiro atoms. The highest BCUT2D eigenvalue weighted by molar-refractivity contribution is 5.96. The van der Waals surface area contributed by atoms with Crippen LogP contribution in [0.2, 0.25) is 0 Å². The van der Waals surface area contributed by atoms with E-state index in [1.807, 2.05) is 24.0 Å². The largest absolute Gasteiger partial charge is 0.435 e. The number of hydrogen-bond acceptors (Lipinski definition) is 6. The van der Waals surface area contributed by atoms with E-state index in [2.05, 4.69) is 22.0 Å². The first-order valence-electron chi connectivity index (χ1n) is 14.7. The molecule has 2 amide bonds. The Morgan fingerprint density at radius 1 is 1.07 bits per heavy atom. The van der Waals surface area contributed by atoms with E-state index >= 15 is 0 Å². The smallest absolute Gasteiger partial charge is 0.383 e. The van der Waals surface area contributed by atoms with Crippen molar-refractivity contribution in [3.8, 4) is 11.3 Å². The van der Waals surface area contributed by atoms with Crippen LogP contribution < -0.4 is 0 Å². The molecule has 1 fully saturated rings. The van der Waals surface area contributed by atoms with Crippen molar-refractivity contribution in [1.82, 2.24) is 33.9 Å². The van der Waals surface area contributed by atoms with Crippen LogP contribution in [0.1, 0.15) is 59.1 Å². The molecule has 3 aromatic heterocycles. The van der Waals surface area contributed by atoms with Gasteiger partial charge in [-0.2, -0.15) is 18.3 Å². The summed E-state index contributed by atoms with van der Waals surface area (Å²) in [5, 5.41) is 3.77. The molecular weight excluding hydrogens is 575 g/mol. The maximum Gasteiger partial charge on any atom is 0.435 e. The van der Waals surface area contributed by atoms with Crippen molar-refractivity contribution in [1.29, 1.82) is 0 Å². The number of alkyl halides is 3. The normalized spacial score (nSPS) is 14.0. The number of hydrogen-bond donors (Lipinski definition) is 0. The number of fused-ring (bicyclic) bond motifs is 1. The van der Waals surface area contributed by atoms with Crippen LogP contribution in [0.5, 0.6) is 0 Å². The zero-order chi connectivity index (χ0) is 31.4. The molecule has 4 heterocycles. The van der Waals surface area contributed by atoms with Gasteiger partial charge in [0.1, 0.15) is 0 Å². The fourth-order valence-corrected chi connectivity index (χ4v) is 5.50. The van der Waals surface area contributed by atoms with E-state index in [0.717, 1.165) is 24.0 Å². The van der Waals surface area contributed by atoms with Gasteiger partial charge in [-0.1, -0.05) is 25.5 Å². The summed E-state index contributed by atoms with van der Waals surface area (Å²) < 4.78 is 49.5. The predicted molar refractivity (Wildman–Crippen MR) is 157 cm³/mol. The van der Waals surface area contributed by atoms with Crippen LogP contribution in [0.25, 0.3) is 16.9 Å². The van der Waals surface area contributed by atoms with Crippen LogP contribution in [0, 0.1) is 6.92 Å². The SMILES string of the molecule is CCCCC(=O)N1CCN(C(=O)c2ccc(Cc3nccn4c(-c5cn(CCOC)nc5C(F)(F)F)cnc34)cc2C)CC1. The van der Waals surface area contributed by atoms with Crippen LogP contribution in [0.3, 0.4) is 0 Å². The maximum absolute atomic E-state index is 13.9. The number of benzene rings is 1. The van der Waals surface area contributed by atoms with Crippen molar-refractivity contribution in [2.75, 3.05) is 39.9 Å². The van der Waals surface area contributed by atoms with E-state index < -0.39 is 11.9 Å². The first-order chi connectivity index (χ1) is 21.1. The molecule has 44 heavy (non-hydrogen) atoms. The number of imidazole rings is 1. The zero-order valence-corrected chi connectivity index (χ0v) is 25.1. The van der Waals surface area contributed by atoms with E-state index in [0.29, 0.717) is 55.9 Å². The second kappa shape index (κ2) is 13.2. The lowest BCUT2D eigenvalue weighted by molar-refractivity contribution is -0.141. The van der Waals surface area contributed by atoms with Crippen LogP contribution >= 0.6 is 0 Å². The van der Waals surface area contributed by atoms with Crippen molar-refractivity contribution in [3.05, 3.63) is 71.1 Å². The molecular formula is C31H36F3N7O3.